The van der Waals surface area contributed by atoms with Crippen LogP contribution in [-0.2, 0) is 4.74 Å². The number of nitrogens with zero attached hydrogens (tertiary/aromatic N) is 2. The van der Waals surface area contributed by atoms with Crippen LogP contribution in [0.2, 0.25) is 0 Å². The third-order valence-electron chi connectivity index (χ3n) is 4.63. The number of ether oxygens (including phenoxy) is 1. The first-order chi connectivity index (χ1) is 8.23. The van der Waals surface area contributed by atoms with Crippen LogP contribution in [0.3, 0.4) is 0 Å². The van der Waals surface area contributed by atoms with Gasteiger partial charge in [-0.15, -0.1) is 0 Å². The first-order valence-corrected chi connectivity index (χ1v) is 6.84. The summed E-state index contributed by atoms with van der Waals surface area (Å²) in [4.78, 5) is 6.91. The molecule has 0 amide bonds. The predicted octanol–water partition coefficient (Wildman–Crippen LogP) is 1.35. The number of nitrogens with two attached hydrogens (primary N) is 1. The SMILES string of the molecule is COC1CCCC2(CN=C(N)N2CC2CC2)C1. The zero-order chi connectivity index (χ0) is 11.9. The molecule has 0 aromatic carbocycles. The Kier molecular flexibility index (Phi) is 2.77. The number of rotatable bonds is 3. The quantitative estimate of drug-likeness (QED) is 0.806. The molecule has 0 aromatic rings. The normalized spacial score (nSPS) is 37.6. The lowest BCUT2D eigenvalue weighted by atomic mass is 9.79. The molecule has 3 rings (SSSR count). The van der Waals surface area contributed by atoms with E-state index in [-0.39, 0.29) is 5.54 Å². The minimum atomic E-state index is 0.186. The molecule has 2 unspecified atom stereocenters. The fraction of sp³-hybridized carbons (Fsp3) is 0.923. The molecule has 2 aliphatic carbocycles. The first kappa shape index (κ1) is 11.3. The lowest BCUT2D eigenvalue weighted by Gasteiger charge is -2.44. The van der Waals surface area contributed by atoms with E-state index in [4.69, 9.17) is 10.5 Å². The van der Waals surface area contributed by atoms with Crippen LogP contribution in [0.4, 0.5) is 0 Å². The van der Waals surface area contributed by atoms with Gasteiger partial charge in [-0.25, -0.2) is 0 Å². The van der Waals surface area contributed by atoms with Gasteiger partial charge in [0.1, 0.15) is 0 Å². The van der Waals surface area contributed by atoms with Gasteiger partial charge in [-0.05, 0) is 44.4 Å². The van der Waals surface area contributed by atoms with E-state index in [0.717, 1.165) is 31.4 Å². The van der Waals surface area contributed by atoms with Crippen LogP contribution in [0.25, 0.3) is 0 Å². The van der Waals surface area contributed by atoms with E-state index in [9.17, 15) is 0 Å². The highest BCUT2D eigenvalue weighted by Crippen LogP contribution is 2.41. The van der Waals surface area contributed by atoms with Crippen LogP contribution in [0, 0.1) is 5.92 Å². The van der Waals surface area contributed by atoms with Gasteiger partial charge in [-0.2, -0.15) is 0 Å². The van der Waals surface area contributed by atoms with Gasteiger partial charge >= 0.3 is 0 Å². The van der Waals surface area contributed by atoms with Crippen LogP contribution in [0.15, 0.2) is 4.99 Å². The van der Waals surface area contributed by atoms with E-state index in [0.29, 0.717) is 6.10 Å². The van der Waals surface area contributed by atoms with E-state index < -0.39 is 0 Å². The lowest BCUT2D eigenvalue weighted by molar-refractivity contribution is 0.00818. The molecule has 2 saturated carbocycles. The maximum atomic E-state index is 6.08. The van der Waals surface area contributed by atoms with Crippen LogP contribution in [0.1, 0.15) is 38.5 Å². The third kappa shape index (κ3) is 2.03. The van der Waals surface area contributed by atoms with Gasteiger partial charge in [0.15, 0.2) is 5.96 Å². The molecule has 0 aromatic heterocycles. The van der Waals surface area contributed by atoms with Gasteiger partial charge in [-0.3, -0.25) is 4.99 Å². The van der Waals surface area contributed by atoms with Crippen molar-refractivity contribution in [3.63, 3.8) is 0 Å². The van der Waals surface area contributed by atoms with Crippen LogP contribution in [-0.4, -0.2) is 42.7 Å². The minimum Gasteiger partial charge on any atom is -0.381 e. The van der Waals surface area contributed by atoms with Crippen molar-refractivity contribution in [2.45, 2.75) is 50.2 Å². The minimum absolute atomic E-state index is 0.186. The Labute approximate surface area is 103 Å². The maximum Gasteiger partial charge on any atom is 0.191 e. The highest BCUT2D eigenvalue weighted by atomic mass is 16.5. The van der Waals surface area contributed by atoms with E-state index in [1.54, 1.807) is 0 Å². The molecule has 1 heterocycles. The van der Waals surface area contributed by atoms with E-state index in [2.05, 4.69) is 9.89 Å². The molecule has 2 atom stereocenters. The summed E-state index contributed by atoms with van der Waals surface area (Å²) < 4.78 is 5.56. The Morgan fingerprint density at radius 3 is 3.00 bits per heavy atom. The number of aliphatic imine (C=N–C) groups is 1. The molecule has 1 spiro atoms. The van der Waals surface area contributed by atoms with Gasteiger partial charge in [0, 0.05) is 13.7 Å². The van der Waals surface area contributed by atoms with E-state index in [1.165, 1.54) is 32.1 Å². The smallest absolute Gasteiger partial charge is 0.191 e. The molecule has 0 radical (unpaired) electrons. The Hall–Kier alpha value is -0.770. The van der Waals surface area contributed by atoms with Crippen molar-refractivity contribution >= 4 is 5.96 Å². The molecule has 3 aliphatic rings. The van der Waals surface area contributed by atoms with Gasteiger partial charge in [0.25, 0.3) is 0 Å². The number of hydrogen-bond acceptors (Lipinski definition) is 4. The summed E-state index contributed by atoms with van der Waals surface area (Å²) in [7, 11) is 1.83. The average molecular weight is 237 g/mol. The highest BCUT2D eigenvalue weighted by molar-refractivity contribution is 5.81. The van der Waals surface area contributed by atoms with Gasteiger partial charge in [-0.1, -0.05) is 0 Å². The molecule has 0 bridgehead atoms. The van der Waals surface area contributed by atoms with E-state index >= 15 is 0 Å². The van der Waals surface area contributed by atoms with Crippen LogP contribution >= 0.6 is 0 Å². The van der Waals surface area contributed by atoms with Crippen LogP contribution < -0.4 is 5.73 Å². The molecule has 2 fully saturated rings. The third-order valence-corrected chi connectivity index (χ3v) is 4.63. The number of methoxy groups -OCH3 is 1. The summed E-state index contributed by atoms with van der Waals surface area (Å²) in [6.07, 6.45) is 7.88. The first-order valence-electron chi connectivity index (χ1n) is 6.84. The van der Waals surface area contributed by atoms with Crippen LogP contribution in [0.5, 0.6) is 0 Å². The Bertz CT molecular complexity index is 327. The maximum absolute atomic E-state index is 6.08. The molecule has 0 saturated heterocycles. The molecule has 4 nitrogen and oxygen atoms in total. The standard InChI is InChI=1S/C13H23N3O/c1-17-11-3-2-6-13(7-11)9-15-12(14)16(13)8-10-4-5-10/h10-11H,2-9H2,1H3,(H2,14,15). The monoisotopic (exact) mass is 237 g/mol. The second-order valence-corrected chi connectivity index (χ2v) is 5.91. The summed E-state index contributed by atoms with van der Waals surface area (Å²) in [6, 6.07) is 0. The molecular formula is C13H23N3O. The van der Waals surface area contributed by atoms with Crippen molar-refractivity contribution in [3.8, 4) is 0 Å². The molecule has 17 heavy (non-hydrogen) atoms. The molecule has 2 N–H and O–H groups in total. The summed E-state index contributed by atoms with van der Waals surface area (Å²) in [5, 5.41) is 0. The summed E-state index contributed by atoms with van der Waals surface area (Å²) >= 11 is 0. The number of hydrogen-bond donors (Lipinski definition) is 1. The van der Waals surface area contributed by atoms with Crippen molar-refractivity contribution in [1.29, 1.82) is 0 Å². The lowest BCUT2D eigenvalue weighted by Crippen LogP contribution is -2.55. The summed E-state index contributed by atoms with van der Waals surface area (Å²) in [6.45, 7) is 2.00. The molecule has 1 aliphatic heterocycles. The largest absolute Gasteiger partial charge is 0.381 e. The molecular weight excluding hydrogens is 214 g/mol. The van der Waals surface area contributed by atoms with Crippen molar-refractivity contribution in [2.75, 3.05) is 20.2 Å². The van der Waals surface area contributed by atoms with Crippen molar-refractivity contribution in [1.82, 2.24) is 4.90 Å². The van der Waals surface area contributed by atoms with E-state index in [1.807, 2.05) is 7.11 Å². The topological polar surface area (TPSA) is 50.9 Å². The molecule has 96 valence electrons. The fourth-order valence-electron chi connectivity index (χ4n) is 3.36. The summed E-state index contributed by atoms with van der Waals surface area (Å²) in [5.74, 6) is 1.63. The Morgan fingerprint density at radius 2 is 2.29 bits per heavy atom. The average Bonchev–Trinajstić information content (AvgIpc) is 3.12. The van der Waals surface area contributed by atoms with Crippen molar-refractivity contribution in [2.24, 2.45) is 16.6 Å². The zero-order valence-electron chi connectivity index (χ0n) is 10.7. The van der Waals surface area contributed by atoms with Gasteiger partial charge in [0.05, 0.1) is 18.2 Å². The fourth-order valence-corrected chi connectivity index (χ4v) is 3.36. The Balaban J connectivity index is 1.75. The summed E-state index contributed by atoms with van der Waals surface area (Å²) in [5.41, 5.74) is 6.27. The number of guanidine groups is 1. The predicted molar refractivity (Wildman–Crippen MR) is 67.9 cm³/mol. The zero-order valence-corrected chi connectivity index (χ0v) is 10.7. The second kappa shape index (κ2) is 4.16. The van der Waals surface area contributed by atoms with Gasteiger partial charge < -0.3 is 15.4 Å². The van der Waals surface area contributed by atoms with Gasteiger partial charge in [0.2, 0.25) is 0 Å². The highest BCUT2D eigenvalue weighted by Gasteiger charge is 2.46. The van der Waals surface area contributed by atoms with Crippen molar-refractivity contribution < 1.29 is 4.74 Å². The Morgan fingerprint density at radius 1 is 1.47 bits per heavy atom. The second-order valence-electron chi connectivity index (χ2n) is 5.91. The van der Waals surface area contributed by atoms with Crippen molar-refractivity contribution in [3.05, 3.63) is 0 Å². The molecule has 4 heteroatoms.